The van der Waals surface area contributed by atoms with Crippen molar-refractivity contribution >= 4 is 17.5 Å². The average molecular weight is 590 g/mol. The smallest absolute Gasteiger partial charge is 0.242 e. The third kappa shape index (κ3) is 6.85. The number of aryl methyl sites for hydroxylation is 1. The summed E-state index contributed by atoms with van der Waals surface area (Å²) in [4.78, 5) is 38.7. The standard InChI is InChI=1S/C33H39N3O7/c1-19(33(39)34-16-15-21-9-7-8-10-28(21)40-3)35-26-14-12-23-24(18-27(26)38)25(36-20(2)37)13-11-22-17-29(41-4)31(42-5)32(43-6)30(22)23/h7-10,12,14,17-19,25H,11,13,15-16H2,1-6H3,(H,34,39)(H,35,38)(H,36,37). The van der Waals surface area contributed by atoms with Gasteiger partial charge in [0.1, 0.15) is 11.8 Å². The summed E-state index contributed by atoms with van der Waals surface area (Å²) < 4.78 is 22.4. The maximum atomic E-state index is 13.6. The Labute approximate surface area is 251 Å². The van der Waals surface area contributed by atoms with E-state index in [-0.39, 0.29) is 22.9 Å². The molecule has 0 heterocycles. The number of carbonyl (C=O) groups is 2. The summed E-state index contributed by atoms with van der Waals surface area (Å²) in [6.07, 6.45) is 1.75. The zero-order chi connectivity index (χ0) is 31.1. The maximum absolute atomic E-state index is 13.6. The molecule has 1 aliphatic rings. The van der Waals surface area contributed by atoms with E-state index in [4.69, 9.17) is 18.9 Å². The van der Waals surface area contributed by atoms with Gasteiger partial charge in [0.25, 0.3) is 0 Å². The van der Waals surface area contributed by atoms with Crippen LogP contribution in [0.2, 0.25) is 0 Å². The van der Waals surface area contributed by atoms with Gasteiger partial charge in [-0.2, -0.15) is 0 Å². The van der Waals surface area contributed by atoms with Crippen LogP contribution in [0.25, 0.3) is 11.1 Å². The molecule has 1 aliphatic carbocycles. The second-order valence-electron chi connectivity index (χ2n) is 10.3. The molecule has 228 valence electrons. The Bertz CT molecular complexity index is 1560. The zero-order valence-corrected chi connectivity index (χ0v) is 25.5. The number of anilines is 1. The average Bonchev–Trinajstić information content (AvgIpc) is 3.24. The van der Waals surface area contributed by atoms with Crippen molar-refractivity contribution in [3.8, 4) is 34.1 Å². The molecule has 10 nitrogen and oxygen atoms in total. The summed E-state index contributed by atoms with van der Waals surface area (Å²) in [6, 6.07) is 13.4. The predicted molar refractivity (Wildman–Crippen MR) is 165 cm³/mol. The van der Waals surface area contributed by atoms with E-state index < -0.39 is 12.1 Å². The highest BCUT2D eigenvalue weighted by Gasteiger charge is 2.29. The van der Waals surface area contributed by atoms with Crippen LogP contribution < -0.4 is 40.3 Å². The molecule has 0 aromatic heterocycles. The van der Waals surface area contributed by atoms with Gasteiger partial charge in [0.15, 0.2) is 11.5 Å². The van der Waals surface area contributed by atoms with Crippen molar-refractivity contribution in [3.63, 3.8) is 0 Å². The normalized spacial score (nSPS) is 14.2. The van der Waals surface area contributed by atoms with Gasteiger partial charge in [-0.3, -0.25) is 14.4 Å². The molecule has 0 aliphatic heterocycles. The number of rotatable bonds is 11. The Hall–Kier alpha value is -4.73. The van der Waals surface area contributed by atoms with Crippen LogP contribution in [0.15, 0.2) is 53.3 Å². The van der Waals surface area contributed by atoms with Crippen molar-refractivity contribution in [2.45, 2.75) is 45.2 Å². The van der Waals surface area contributed by atoms with Crippen molar-refractivity contribution in [2.24, 2.45) is 0 Å². The summed E-state index contributed by atoms with van der Waals surface area (Å²) >= 11 is 0. The molecule has 10 heteroatoms. The van der Waals surface area contributed by atoms with E-state index in [0.717, 1.165) is 22.4 Å². The SMILES string of the molecule is COc1ccccc1CCNC(=O)C(C)Nc1ccc2c(cc1=O)C(NC(C)=O)CCc1cc(OC)c(OC)c(OC)c1-2. The lowest BCUT2D eigenvalue weighted by atomic mass is 9.95. The predicted octanol–water partition coefficient (Wildman–Crippen LogP) is 4.03. The molecular formula is C33H39N3O7. The van der Waals surface area contributed by atoms with Gasteiger partial charge in [0, 0.05) is 19.0 Å². The highest BCUT2D eigenvalue weighted by atomic mass is 16.5. The lowest BCUT2D eigenvalue weighted by Gasteiger charge is -2.19. The first kappa shape index (κ1) is 31.2. The van der Waals surface area contributed by atoms with Crippen LogP contribution in [0.5, 0.6) is 23.0 Å². The Morgan fingerprint density at radius 3 is 2.33 bits per heavy atom. The number of carbonyl (C=O) groups excluding carboxylic acids is 2. The second kappa shape index (κ2) is 14.0. The molecule has 3 aromatic carbocycles. The molecule has 2 unspecified atom stereocenters. The van der Waals surface area contributed by atoms with Crippen molar-refractivity contribution in [1.82, 2.24) is 10.6 Å². The Kier molecular flexibility index (Phi) is 10.1. The number of methoxy groups -OCH3 is 4. The maximum Gasteiger partial charge on any atom is 0.242 e. The molecule has 0 bridgehead atoms. The third-order valence-electron chi connectivity index (χ3n) is 7.57. The molecule has 3 N–H and O–H groups in total. The minimum atomic E-state index is -0.690. The first-order chi connectivity index (χ1) is 20.7. The van der Waals surface area contributed by atoms with Crippen LogP contribution in [0.4, 0.5) is 5.69 Å². The van der Waals surface area contributed by atoms with Gasteiger partial charge >= 0.3 is 0 Å². The van der Waals surface area contributed by atoms with Gasteiger partial charge < -0.3 is 34.9 Å². The molecule has 0 fully saturated rings. The lowest BCUT2D eigenvalue weighted by molar-refractivity contribution is -0.121. The number of fused-ring (bicyclic) bond motifs is 3. The van der Waals surface area contributed by atoms with E-state index in [1.807, 2.05) is 36.4 Å². The van der Waals surface area contributed by atoms with E-state index in [1.54, 1.807) is 34.3 Å². The van der Waals surface area contributed by atoms with Gasteiger partial charge in [-0.1, -0.05) is 24.3 Å². The highest BCUT2D eigenvalue weighted by Crippen LogP contribution is 2.50. The van der Waals surface area contributed by atoms with Crippen LogP contribution in [0.3, 0.4) is 0 Å². The summed E-state index contributed by atoms with van der Waals surface area (Å²) in [5, 5.41) is 9.00. The fourth-order valence-electron chi connectivity index (χ4n) is 5.51. The minimum Gasteiger partial charge on any atom is -0.496 e. The van der Waals surface area contributed by atoms with Crippen LogP contribution in [-0.4, -0.2) is 52.8 Å². The second-order valence-corrected chi connectivity index (χ2v) is 10.3. The van der Waals surface area contributed by atoms with Crippen molar-refractivity contribution in [3.05, 3.63) is 75.4 Å². The molecule has 3 aromatic rings. The molecule has 43 heavy (non-hydrogen) atoms. The summed E-state index contributed by atoms with van der Waals surface area (Å²) in [7, 11) is 6.27. The van der Waals surface area contributed by atoms with Crippen LogP contribution in [0, 0.1) is 0 Å². The van der Waals surface area contributed by atoms with E-state index in [2.05, 4.69) is 16.0 Å². The van der Waals surface area contributed by atoms with Crippen molar-refractivity contribution in [2.75, 3.05) is 40.3 Å². The third-order valence-corrected chi connectivity index (χ3v) is 7.57. The summed E-state index contributed by atoms with van der Waals surface area (Å²) in [6.45, 7) is 3.56. The Morgan fingerprint density at radius 1 is 0.930 bits per heavy atom. The van der Waals surface area contributed by atoms with Crippen LogP contribution in [-0.2, 0) is 22.4 Å². The number of nitrogens with one attached hydrogen (secondary N) is 3. The van der Waals surface area contributed by atoms with Crippen LogP contribution in [0.1, 0.15) is 43.0 Å². The largest absolute Gasteiger partial charge is 0.496 e. The van der Waals surface area contributed by atoms with E-state index in [1.165, 1.54) is 20.1 Å². The number of hydrogen-bond donors (Lipinski definition) is 3. The van der Waals surface area contributed by atoms with E-state index in [9.17, 15) is 14.4 Å². The Balaban J connectivity index is 1.67. The van der Waals surface area contributed by atoms with E-state index in [0.29, 0.717) is 54.2 Å². The first-order valence-corrected chi connectivity index (χ1v) is 14.2. The molecule has 0 spiro atoms. The highest BCUT2D eigenvalue weighted by molar-refractivity contribution is 5.85. The fraction of sp³-hybridized carbons (Fsp3) is 0.364. The monoisotopic (exact) mass is 589 g/mol. The zero-order valence-electron chi connectivity index (χ0n) is 25.5. The summed E-state index contributed by atoms with van der Waals surface area (Å²) in [5.41, 5.74) is 3.97. The van der Waals surface area contributed by atoms with Crippen LogP contribution >= 0.6 is 0 Å². The Morgan fingerprint density at radius 2 is 1.65 bits per heavy atom. The van der Waals surface area contributed by atoms with Crippen molar-refractivity contribution in [1.29, 1.82) is 0 Å². The quantitative estimate of drug-likeness (QED) is 0.306. The molecule has 0 saturated heterocycles. The number of ether oxygens (including phenoxy) is 4. The fourth-order valence-corrected chi connectivity index (χ4v) is 5.51. The van der Waals surface area contributed by atoms with Gasteiger partial charge in [0.05, 0.1) is 40.2 Å². The molecule has 0 radical (unpaired) electrons. The van der Waals surface area contributed by atoms with Gasteiger partial charge in [-0.05, 0) is 72.7 Å². The molecule has 2 amide bonds. The van der Waals surface area contributed by atoms with Gasteiger partial charge in [0.2, 0.25) is 23.0 Å². The number of benzene rings is 2. The number of hydrogen-bond acceptors (Lipinski definition) is 8. The van der Waals surface area contributed by atoms with Gasteiger partial charge in [-0.25, -0.2) is 0 Å². The van der Waals surface area contributed by atoms with Crippen molar-refractivity contribution < 1.29 is 28.5 Å². The molecule has 4 rings (SSSR count). The molecule has 2 atom stereocenters. The summed E-state index contributed by atoms with van der Waals surface area (Å²) in [5.74, 6) is 1.73. The first-order valence-electron chi connectivity index (χ1n) is 14.2. The van der Waals surface area contributed by atoms with E-state index >= 15 is 0 Å². The number of amides is 2. The topological polar surface area (TPSA) is 124 Å². The molecule has 0 saturated carbocycles. The number of para-hydroxylation sites is 1. The lowest BCUT2D eigenvalue weighted by Crippen LogP contribution is -2.39. The molecular weight excluding hydrogens is 550 g/mol. The minimum absolute atomic E-state index is 0.209. The van der Waals surface area contributed by atoms with Gasteiger partial charge in [-0.15, -0.1) is 0 Å².